The maximum absolute atomic E-state index is 12.8. The van der Waals surface area contributed by atoms with Crippen LogP contribution in [0.3, 0.4) is 0 Å². The van der Waals surface area contributed by atoms with Crippen LogP contribution in [0.5, 0.6) is 0 Å². The third-order valence-corrected chi connectivity index (χ3v) is 6.33. The van der Waals surface area contributed by atoms with E-state index in [0.29, 0.717) is 0 Å². The first-order chi connectivity index (χ1) is 15.6. The van der Waals surface area contributed by atoms with Crippen molar-refractivity contribution in [3.05, 3.63) is 76.6 Å². The molecule has 1 unspecified atom stereocenters. The molecular weight excluding hydrogens is 406 g/mol. The number of rotatable bonds is 6. The van der Waals surface area contributed by atoms with E-state index in [1.54, 1.807) is 10.9 Å². The van der Waals surface area contributed by atoms with Gasteiger partial charge in [0.2, 0.25) is 6.10 Å². The van der Waals surface area contributed by atoms with Crippen LogP contribution in [0.25, 0.3) is 5.69 Å². The third-order valence-electron chi connectivity index (χ3n) is 6.33. The summed E-state index contributed by atoms with van der Waals surface area (Å²) in [6, 6.07) is 11.5. The molecule has 3 aromatic rings. The first kappa shape index (κ1) is 20.3. The molecule has 2 aliphatic carbocycles. The standard InChI is InChI=1S/C25H25N3O4/c29-24(30)22(14-16-5-1-8-19(13-16)28-12-4-11-26-28)32-25(31)27-23-20-9-2-6-17(20)15-18-7-3-10-21(18)23/h1,4-5,8,11-13,15,22H,2-3,6-7,9-10,14H2,(H,27,31)(H,29,30). The normalized spacial score (nSPS) is 15.1. The van der Waals surface area contributed by atoms with E-state index in [2.05, 4.69) is 16.5 Å². The smallest absolute Gasteiger partial charge is 0.412 e. The molecule has 0 bridgehead atoms. The van der Waals surface area contributed by atoms with E-state index >= 15 is 0 Å². The van der Waals surface area contributed by atoms with Gasteiger partial charge in [-0.15, -0.1) is 0 Å². The monoisotopic (exact) mass is 431 g/mol. The second-order valence-electron chi connectivity index (χ2n) is 8.42. The number of ether oxygens (including phenoxy) is 1. The number of anilines is 1. The Morgan fingerprint density at radius 3 is 2.47 bits per heavy atom. The van der Waals surface area contributed by atoms with Crippen molar-refractivity contribution in [2.75, 3.05) is 5.32 Å². The zero-order valence-electron chi connectivity index (χ0n) is 17.7. The zero-order valence-corrected chi connectivity index (χ0v) is 17.7. The molecule has 0 spiro atoms. The number of carbonyl (C=O) groups is 2. The number of carboxylic acids is 1. The molecule has 2 aliphatic rings. The van der Waals surface area contributed by atoms with Gasteiger partial charge in [-0.05, 0) is 84.5 Å². The second kappa shape index (κ2) is 8.49. The minimum Gasteiger partial charge on any atom is -0.478 e. The Kier molecular flexibility index (Phi) is 5.39. The average Bonchev–Trinajstić information content (AvgIpc) is 3.54. The Balaban J connectivity index is 1.32. The van der Waals surface area contributed by atoms with Gasteiger partial charge in [-0.2, -0.15) is 5.10 Å². The SMILES string of the molecule is O=C(Nc1c2c(cc3c1CCC3)CCC2)OC(Cc1cccc(-n2cccn2)c1)C(=O)O. The van der Waals surface area contributed by atoms with Gasteiger partial charge in [-0.1, -0.05) is 18.2 Å². The van der Waals surface area contributed by atoms with Crippen molar-refractivity contribution in [3.8, 4) is 5.69 Å². The molecule has 1 aromatic heterocycles. The summed E-state index contributed by atoms with van der Waals surface area (Å²) in [6.45, 7) is 0. The number of fused-ring (bicyclic) bond motifs is 2. The molecular formula is C25H25N3O4. The fraction of sp³-hybridized carbons (Fsp3) is 0.320. The molecule has 0 fully saturated rings. The number of benzene rings is 2. The topological polar surface area (TPSA) is 93.5 Å². The Morgan fingerprint density at radius 1 is 1.06 bits per heavy atom. The summed E-state index contributed by atoms with van der Waals surface area (Å²) in [5.41, 5.74) is 7.37. The molecule has 1 heterocycles. The number of aryl methyl sites for hydroxylation is 2. The quantitative estimate of drug-likeness (QED) is 0.613. The molecule has 2 aromatic carbocycles. The maximum Gasteiger partial charge on any atom is 0.412 e. The van der Waals surface area contributed by atoms with Crippen LogP contribution in [0.15, 0.2) is 48.8 Å². The number of carboxylic acid groups (broad SMARTS) is 1. The van der Waals surface area contributed by atoms with Gasteiger partial charge in [0.15, 0.2) is 0 Å². The Labute approximate surface area is 186 Å². The summed E-state index contributed by atoms with van der Waals surface area (Å²) < 4.78 is 7.10. The highest BCUT2D eigenvalue weighted by Gasteiger charge is 2.28. The third kappa shape index (κ3) is 3.98. The summed E-state index contributed by atoms with van der Waals surface area (Å²) in [4.78, 5) is 24.6. The molecule has 7 nitrogen and oxygen atoms in total. The highest BCUT2D eigenvalue weighted by Crippen LogP contribution is 2.38. The molecule has 0 radical (unpaired) electrons. The van der Waals surface area contributed by atoms with Crippen molar-refractivity contribution in [2.45, 2.75) is 51.0 Å². The molecule has 164 valence electrons. The number of hydrogen-bond donors (Lipinski definition) is 2. The lowest BCUT2D eigenvalue weighted by atomic mass is 9.99. The summed E-state index contributed by atoms with van der Waals surface area (Å²) in [6.07, 6.45) is 7.63. The largest absolute Gasteiger partial charge is 0.478 e. The molecule has 0 aliphatic heterocycles. The number of aromatic nitrogens is 2. The molecule has 1 amide bonds. The predicted octanol–water partition coefficient (Wildman–Crippen LogP) is 4.09. The molecule has 1 atom stereocenters. The molecule has 7 heteroatoms. The Hall–Kier alpha value is -3.61. The lowest BCUT2D eigenvalue weighted by Gasteiger charge is -2.18. The van der Waals surface area contributed by atoms with E-state index in [4.69, 9.17) is 4.74 Å². The van der Waals surface area contributed by atoms with Gasteiger partial charge in [0.25, 0.3) is 0 Å². The first-order valence-corrected chi connectivity index (χ1v) is 11.0. The van der Waals surface area contributed by atoms with Crippen molar-refractivity contribution in [2.24, 2.45) is 0 Å². The number of amides is 1. The predicted molar refractivity (Wildman–Crippen MR) is 119 cm³/mol. The molecule has 2 N–H and O–H groups in total. The average molecular weight is 431 g/mol. The van der Waals surface area contributed by atoms with Gasteiger partial charge >= 0.3 is 12.1 Å². The van der Waals surface area contributed by atoms with Crippen LogP contribution < -0.4 is 5.32 Å². The second-order valence-corrected chi connectivity index (χ2v) is 8.42. The van der Waals surface area contributed by atoms with Gasteiger partial charge in [0.05, 0.1) is 11.4 Å². The van der Waals surface area contributed by atoms with Crippen molar-refractivity contribution in [3.63, 3.8) is 0 Å². The molecule has 0 saturated heterocycles. The van der Waals surface area contributed by atoms with E-state index in [9.17, 15) is 14.7 Å². The van der Waals surface area contributed by atoms with Crippen LogP contribution in [0.1, 0.15) is 40.7 Å². The van der Waals surface area contributed by atoms with Crippen LogP contribution >= 0.6 is 0 Å². The van der Waals surface area contributed by atoms with Gasteiger partial charge in [-0.3, -0.25) is 5.32 Å². The molecule has 32 heavy (non-hydrogen) atoms. The zero-order chi connectivity index (χ0) is 22.1. The van der Waals surface area contributed by atoms with Gasteiger partial charge in [0.1, 0.15) is 0 Å². The number of nitrogens with zero attached hydrogens (tertiary/aromatic N) is 2. The van der Waals surface area contributed by atoms with Crippen molar-refractivity contribution in [1.82, 2.24) is 9.78 Å². The summed E-state index contributed by atoms with van der Waals surface area (Å²) in [5, 5.41) is 16.8. The van der Waals surface area contributed by atoms with E-state index in [0.717, 1.165) is 55.5 Å². The summed E-state index contributed by atoms with van der Waals surface area (Å²) in [7, 11) is 0. The number of nitrogens with one attached hydrogen (secondary N) is 1. The van der Waals surface area contributed by atoms with Crippen molar-refractivity contribution in [1.29, 1.82) is 0 Å². The fourth-order valence-electron chi connectivity index (χ4n) is 4.87. The Bertz CT molecular complexity index is 1140. The van der Waals surface area contributed by atoms with Gasteiger partial charge in [0, 0.05) is 18.8 Å². The van der Waals surface area contributed by atoms with E-state index in [-0.39, 0.29) is 6.42 Å². The van der Waals surface area contributed by atoms with Crippen molar-refractivity contribution < 1.29 is 19.4 Å². The van der Waals surface area contributed by atoms with E-state index in [1.807, 2.05) is 36.5 Å². The van der Waals surface area contributed by atoms with Gasteiger partial charge < -0.3 is 9.84 Å². The lowest BCUT2D eigenvalue weighted by Crippen LogP contribution is -2.31. The fourth-order valence-corrected chi connectivity index (χ4v) is 4.87. The summed E-state index contributed by atoms with van der Waals surface area (Å²) >= 11 is 0. The number of carbonyl (C=O) groups excluding carboxylic acids is 1. The lowest BCUT2D eigenvalue weighted by molar-refractivity contribution is -0.146. The minimum absolute atomic E-state index is 0.0723. The van der Waals surface area contributed by atoms with Crippen LogP contribution in [0.4, 0.5) is 10.5 Å². The van der Waals surface area contributed by atoms with E-state index < -0.39 is 18.2 Å². The minimum atomic E-state index is -1.28. The van der Waals surface area contributed by atoms with Gasteiger partial charge in [-0.25, -0.2) is 14.3 Å². The van der Waals surface area contributed by atoms with E-state index in [1.165, 1.54) is 22.3 Å². The number of hydrogen-bond acceptors (Lipinski definition) is 4. The van der Waals surface area contributed by atoms with Crippen LogP contribution in [-0.2, 0) is 41.6 Å². The molecule has 5 rings (SSSR count). The number of aliphatic carboxylic acids is 1. The van der Waals surface area contributed by atoms with Crippen LogP contribution in [0, 0.1) is 0 Å². The van der Waals surface area contributed by atoms with Crippen LogP contribution in [0.2, 0.25) is 0 Å². The maximum atomic E-state index is 12.8. The van der Waals surface area contributed by atoms with Crippen molar-refractivity contribution >= 4 is 17.7 Å². The van der Waals surface area contributed by atoms with Crippen LogP contribution in [-0.4, -0.2) is 33.1 Å². The molecule has 0 saturated carbocycles. The Morgan fingerprint density at radius 2 is 1.81 bits per heavy atom. The summed E-state index contributed by atoms with van der Waals surface area (Å²) in [5.74, 6) is -1.17. The highest BCUT2D eigenvalue weighted by molar-refractivity contribution is 5.90. The first-order valence-electron chi connectivity index (χ1n) is 11.0. The highest BCUT2D eigenvalue weighted by atomic mass is 16.6.